The van der Waals surface area contributed by atoms with Gasteiger partial charge in [-0.05, 0) is 42.5 Å². The molecule has 0 aromatic heterocycles. The minimum Gasteiger partial charge on any atom is -0.326 e. The van der Waals surface area contributed by atoms with Gasteiger partial charge in [0.2, 0.25) is 15.9 Å². The van der Waals surface area contributed by atoms with Gasteiger partial charge in [0.15, 0.2) is 0 Å². The number of benzene rings is 2. The molecular formula is C18H20N2O3S. The second-order valence-corrected chi connectivity index (χ2v) is 7.97. The molecule has 1 aliphatic rings. The van der Waals surface area contributed by atoms with Crippen molar-refractivity contribution in [3.63, 3.8) is 0 Å². The molecule has 2 unspecified atom stereocenters. The number of nitrogens with one attached hydrogen (secondary N) is 1. The summed E-state index contributed by atoms with van der Waals surface area (Å²) in [5.74, 6) is 0.0717. The third kappa shape index (κ3) is 4.21. The highest BCUT2D eigenvalue weighted by Gasteiger charge is 2.43. The first-order valence-electron chi connectivity index (χ1n) is 7.79. The van der Waals surface area contributed by atoms with Gasteiger partial charge in [-0.1, -0.05) is 42.0 Å². The quantitative estimate of drug-likeness (QED) is 0.873. The van der Waals surface area contributed by atoms with Gasteiger partial charge in [0.05, 0.1) is 5.75 Å². The van der Waals surface area contributed by atoms with Crippen LogP contribution in [0.15, 0.2) is 48.5 Å². The van der Waals surface area contributed by atoms with Crippen LogP contribution in [0, 0.1) is 12.8 Å². The fourth-order valence-electron chi connectivity index (χ4n) is 2.91. The van der Waals surface area contributed by atoms with E-state index in [0.717, 1.165) is 6.42 Å². The number of carbonyl (C=O) groups excluding carboxylic acids is 1. The van der Waals surface area contributed by atoms with Gasteiger partial charge >= 0.3 is 0 Å². The SMILES string of the molecule is Cc1cccc(C2CC2C(=O)Nc2ccc(CS(N)(=O)=O)cc2)c1. The molecule has 3 rings (SSSR count). The highest BCUT2D eigenvalue weighted by molar-refractivity contribution is 7.88. The minimum atomic E-state index is -3.55. The van der Waals surface area contributed by atoms with E-state index in [1.54, 1.807) is 24.3 Å². The lowest BCUT2D eigenvalue weighted by Gasteiger charge is -2.07. The average Bonchev–Trinajstić information content (AvgIpc) is 3.28. The van der Waals surface area contributed by atoms with E-state index < -0.39 is 10.0 Å². The number of rotatable bonds is 5. The van der Waals surface area contributed by atoms with Crippen molar-refractivity contribution >= 4 is 21.6 Å². The Morgan fingerprint density at radius 3 is 2.54 bits per heavy atom. The van der Waals surface area contributed by atoms with E-state index in [2.05, 4.69) is 17.4 Å². The third-order valence-electron chi connectivity index (χ3n) is 4.19. The van der Waals surface area contributed by atoms with Crippen LogP contribution in [-0.2, 0) is 20.6 Å². The molecule has 0 bridgehead atoms. The van der Waals surface area contributed by atoms with Crippen molar-refractivity contribution in [1.82, 2.24) is 0 Å². The van der Waals surface area contributed by atoms with Crippen LogP contribution in [0.5, 0.6) is 0 Å². The van der Waals surface area contributed by atoms with Crippen LogP contribution in [0.2, 0.25) is 0 Å². The Kier molecular flexibility index (Phi) is 4.43. The maximum Gasteiger partial charge on any atom is 0.228 e. The zero-order valence-electron chi connectivity index (χ0n) is 13.4. The van der Waals surface area contributed by atoms with Crippen molar-refractivity contribution in [2.24, 2.45) is 11.1 Å². The molecule has 0 heterocycles. The summed E-state index contributed by atoms with van der Waals surface area (Å²) in [6, 6.07) is 15.0. The number of hydrogen-bond acceptors (Lipinski definition) is 3. The van der Waals surface area contributed by atoms with Gasteiger partial charge in [0, 0.05) is 11.6 Å². The topological polar surface area (TPSA) is 89.3 Å². The first-order chi connectivity index (χ1) is 11.3. The molecule has 126 valence electrons. The zero-order valence-corrected chi connectivity index (χ0v) is 14.2. The maximum absolute atomic E-state index is 12.3. The van der Waals surface area contributed by atoms with E-state index in [9.17, 15) is 13.2 Å². The molecule has 0 saturated heterocycles. The molecule has 24 heavy (non-hydrogen) atoms. The first-order valence-corrected chi connectivity index (χ1v) is 9.50. The normalized spacial score (nSPS) is 19.8. The number of aryl methyl sites for hydroxylation is 1. The highest BCUT2D eigenvalue weighted by Crippen LogP contribution is 2.48. The fraction of sp³-hybridized carbons (Fsp3) is 0.278. The molecule has 0 spiro atoms. The lowest BCUT2D eigenvalue weighted by Crippen LogP contribution is -2.15. The lowest BCUT2D eigenvalue weighted by molar-refractivity contribution is -0.117. The van der Waals surface area contributed by atoms with Crippen molar-refractivity contribution in [1.29, 1.82) is 0 Å². The molecule has 1 saturated carbocycles. The third-order valence-corrected chi connectivity index (χ3v) is 4.92. The Balaban J connectivity index is 1.60. The van der Waals surface area contributed by atoms with Crippen LogP contribution < -0.4 is 10.5 Å². The van der Waals surface area contributed by atoms with Crippen molar-refractivity contribution in [3.8, 4) is 0 Å². The first kappa shape index (κ1) is 16.7. The number of primary sulfonamides is 1. The van der Waals surface area contributed by atoms with Gasteiger partial charge in [-0.2, -0.15) is 0 Å². The van der Waals surface area contributed by atoms with Crippen molar-refractivity contribution < 1.29 is 13.2 Å². The highest BCUT2D eigenvalue weighted by atomic mass is 32.2. The van der Waals surface area contributed by atoms with Gasteiger partial charge in [0.1, 0.15) is 0 Å². The van der Waals surface area contributed by atoms with E-state index in [4.69, 9.17) is 5.14 Å². The number of hydrogen-bond donors (Lipinski definition) is 2. The molecule has 1 fully saturated rings. The summed E-state index contributed by atoms with van der Waals surface area (Å²) in [5.41, 5.74) is 3.66. The number of carbonyl (C=O) groups is 1. The van der Waals surface area contributed by atoms with Crippen LogP contribution in [-0.4, -0.2) is 14.3 Å². The average molecular weight is 344 g/mol. The van der Waals surface area contributed by atoms with Gasteiger partial charge < -0.3 is 5.32 Å². The van der Waals surface area contributed by atoms with Crippen LogP contribution in [0.1, 0.15) is 29.0 Å². The van der Waals surface area contributed by atoms with Gasteiger partial charge in [-0.25, -0.2) is 13.6 Å². The predicted octanol–water partition coefficient (Wildman–Crippen LogP) is 2.53. The molecular weight excluding hydrogens is 324 g/mol. The predicted molar refractivity (Wildman–Crippen MR) is 93.9 cm³/mol. The number of sulfonamides is 1. The second kappa shape index (κ2) is 6.37. The van der Waals surface area contributed by atoms with Crippen LogP contribution in [0.4, 0.5) is 5.69 Å². The number of amides is 1. The molecule has 1 aliphatic carbocycles. The van der Waals surface area contributed by atoms with E-state index >= 15 is 0 Å². The summed E-state index contributed by atoms with van der Waals surface area (Å²) < 4.78 is 22.1. The molecule has 6 heteroatoms. The van der Waals surface area contributed by atoms with Crippen molar-refractivity contribution in [2.75, 3.05) is 5.32 Å². The van der Waals surface area contributed by atoms with Crippen LogP contribution in [0.3, 0.4) is 0 Å². The van der Waals surface area contributed by atoms with Crippen LogP contribution in [0.25, 0.3) is 0 Å². The van der Waals surface area contributed by atoms with Gasteiger partial charge in [0.25, 0.3) is 0 Å². The fourth-order valence-corrected chi connectivity index (χ4v) is 3.56. The Labute approximate surface area is 141 Å². The smallest absolute Gasteiger partial charge is 0.228 e. The van der Waals surface area contributed by atoms with E-state index in [1.165, 1.54) is 11.1 Å². The largest absolute Gasteiger partial charge is 0.326 e. The molecule has 2 aromatic rings. The van der Waals surface area contributed by atoms with Crippen molar-refractivity contribution in [2.45, 2.75) is 25.0 Å². The Bertz CT molecular complexity index is 860. The standard InChI is InChI=1S/C18H20N2O3S/c1-12-3-2-4-14(9-12)16-10-17(16)18(21)20-15-7-5-13(6-8-15)11-24(19,22)23/h2-9,16-17H,10-11H2,1H3,(H,20,21)(H2,19,22,23). The molecule has 2 aromatic carbocycles. The number of anilines is 1. The molecule has 2 atom stereocenters. The molecule has 3 N–H and O–H groups in total. The Hall–Kier alpha value is -2.18. The summed E-state index contributed by atoms with van der Waals surface area (Å²) in [4.78, 5) is 12.3. The summed E-state index contributed by atoms with van der Waals surface area (Å²) in [6.07, 6.45) is 0.860. The summed E-state index contributed by atoms with van der Waals surface area (Å²) in [5, 5.41) is 7.91. The number of nitrogens with two attached hydrogens (primary N) is 1. The second-order valence-electron chi connectivity index (χ2n) is 6.36. The van der Waals surface area contributed by atoms with Gasteiger partial charge in [-0.3, -0.25) is 4.79 Å². The monoisotopic (exact) mass is 344 g/mol. The molecule has 0 aliphatic heterocycles. The summed E-state index contributed by atoms with van der Waals surface area (Å²) in [6.45, 7) is 2.05. The van der Waals surface area contributed by atoms with Crippen LogP contribution >= 0.6 is 0 Å². The molecule has 5 nitrogen and oxygen atoms in total. The minimum absolute atomic E-state index is 0.000650. The molecule has 0 radical (unpaired) electrons. The lowest BCUT2D eigenvalue weighted by atomic mass is 10.1. The van der Waals surface area contributed by atoms with E-state index in [0.29, 0.717) is 11.3 Å². The zero-order chi connectivity index (χ0) is 17.3. The summed E-state index contributed by atoms with van der Waals surface area (Å²) >= 11 is 0. The van der Waals surface area contributed by atoms with E-state index in [1.807, 2.05) is 19.1 Å². The van der Waals surface area contributed by atoms with Gasteiger partial charge in [-0.15, -0.1) is 0 Å². The molecule has 1 amide bonds. The summed E-state index contributed by atoms with van der Waals surface area (Å²) in [7, 11) is -3.55. The Morgan fingerprint density at radius 2 is 1.92 bits per heavy atom. The maximum atomic E-state index is 12.3. The van der Waals surface area contributed by atoms with Crippen molar-refractivity contribution in [3.05, 3.63) is 65.2 Å². The Morgan fingerprint density at radius 1 is 1.21 bits per heavy atom. The van der Waals surface area contributed by atoms with E-state index in [-0.39, 0.29) is 23.5 Å².